The maximum absolute atomic E-state index is 12.2. The average Bonchev–Trinajstić information content (AvgIpc) is 2.54. The van der Waals surface area contributed by atoms with E-state index in [2.05, 4.69) is 24.1 Å². The number of nitrogens with one attached hydrogen (secondary N) is 1. The lowest BCUT2D eigenvalue weighted by atomic mass is 10.1. The van der Waals surface area contributed by atoms with Crippen LogP contribution in [-0.2, 0) is 9.59 Å². The first-order valence-electron chi connectivity index (χ1n) is 8.58. The van der Waals surface area contributed by atoms with Gasteiger partial charge in [0.25, 0.3) is 0 Å². The minimum absolute atomic E-state index is 0.0734. The lowest BCUT2D eigenvalue weighted by molar-refractivity contribution is -0.133. The van der Waals surface area contributed by atoms with Crippen molar-refractivity contribution >= 4 is 17.6 Å². The second kappa shape index (κ2) is 8.68. The van der Waals surface area contributed by atoms with Crippen LogP contribution in [0, 0.1) is 6.92 Å². The van der Waals surface area contributed by atoms with E-state index in [0.717, 1.165) is 37.3 Å². The molecule has 1 N–H and O–H groups in total. The van der Waals surface area contributed by atoms with Crippen LogP contribution >= 0.6 is 0 Å². The van der Waals surface area contributed by atoms with Crippen LogP contribution in [0.5, 0.6) is 5.75 Å². The van der Waals surface area contributed by atoms with E-state index in [9.17, 15) is 9.59 Å². The van der Waals surface area contributed by atoms with Crippen LogP contribution in [0.1, 0.15) is 25.8 Å². The number of nitrogens with zero attached hydrogens (tertiary/aromatic N) is 2. The first-order valence-corrected chi connectivity index (χ1v) is 8.58. The van der Waals surface area contributed by atoms with E-state index in [4.69, 9.17) is 4.74 Å². The van der Waals surface area contributed by atoms with Crippen molar-refractivity contribution in [3.8, 4) is 5.75 Å². The number of benzene rings is 1. The van der Waals surface area contributed by atoms with E-state index >= 15 is 0 Å². The zero-order chi connectivity index (χ0) is 17.5. The SMILES string of the molecule is CCN(CC)CCCNC(=O)CN1CC(=O)Oc2cc(C)ccc21. The van der Waals surface area contributed by atoms with Gasteiger partial charge in [0.05, 0.1) is 12.2 Å². The molecule has 0 fully saturated rings. The predicted molar refractivity (Wildman–Crippen MR) is 94.4 cm³/mol. The highest BCUT2D eigenvalue weighted by Gasteiger charge is 2.25. The van der Waals surface area contributed by atoms with Gasteiger partial charge in [0, 0.05) is 6.54 Å². The molecule has 1 aliphatic heterocycles. The fourth-order valence-electron chi connectivity index (χ4n) is 2.80. The second-order valence-corrected chi connectivity index (χ2v) is 6.03. The molecule has 1 aliphatic rings. The molecule has 0 spiro atoms. The van der Waals surface area contributed by atoms with Crippen molar-refractivity contribution in [2.24, 2.45) is 0 Å². The zero-order valence-corrected chi connectivity index (χ0v) is 14.8. The molecular weight excluding hydrogens is 306 g/mol. The minimum Gasteiger partial charge on any atom is -0.423 e. The van der Waals surface area contributed by atoms with E-state index in [0.29, 0.717) is 12.3 Å². The predicted octanol–water partition coefficient (Wildman–Crippen LogP) is 1.57. The number of esters is 1. The van der Waals surface area contributed by atoms with Crippen LogP contribution in [0.15, 0.2) is 18.2 Å². The van der Waals surface area contributed by atoms with Crippen LogP contribution < -0.4 is 15.0 Å². The number of carbonyl (C=O) groups is 2. The smallest absolute Gasteiger partial charge is 0.331 e. The van der Waals surface area contributed by atoms with Crippen molar-refractivity contribution in [1.82, 2.24) is 10.2 Å². The molecule has 0 bridgehead atoms. The van der Waals surface area contributed by atoms with Crippen molar-refractivity contribution in [2.75, 3.05) is 44.2 Å². The molecule has 0 saturated carbocycles. The summed E-state index contributed by atoms with van der Waals surface area (Å²) < 4.78 is 5.26. The summed E-state index contributed by atoms with van der Waals surface area (Å²) in [5.41, 5.74) is 1.81. The Balaban J connectivity index is 1.85. The maximum atomic E-state index is 12.2. The highest BCUT2D eigenvalue weighted by molar-refractivity contribution is 5.89. The summed E-state index contributed by atoms with van der Waals surface area (Å²) in [7, 11) is 0. The molecule has 6 heteroatoms. The molecule has 0 aliphatic carbocycles. The van der Waals surface area contributed by atoms with Gasteiger partial charge < -0.3 is 19.9 Å². The van der Waals surface area contributed by atoms with Gasteiger partial charge >= 0.3 is 5.97 Å². The Morgan fingerprint density at radius 2 is 2.08 bits per heavy atom. The van der Waals surface area contributed by atoms with Gasteiger partial charge in [0.15, 0.2) is 5.75 Å². The van der Waals surface area contributed by atoms with Crippen LogP contribution in [0.4, 0.5) is 5.69 Å². The maximum Gasteiger partial charge on any atom is 0.331 e. The topological polar surface area (TPSA) is 61.9 Å². The van der Waals surface area contributed by atoms with E-state index in [1.807, 2.05) is 25.1 Å². The van der Waals surface area contributed by atoms with Gasteiger partial charge in [-0.15, -0.1) is 0 Å². The zero-order valence-electron chi connectivity index (χ0n) is 14.8. The molecule has 0 radical (unpaired) electrons. The largest absolute Gasteiger partial charge is 0.423 e. The number of hydrogen-bond donors (Lipinski definition) is 1. The van der Waals surface area contributed by atoms with Crippen molar-refractivity contribution in [3.05, 3.63) is 23.8 Å². The Labute approximate surface area is 143 Å². The van der Waals surface area contributed by atoms with Crippen LogP contribution in [0.2, 0.25) is 0 Å². The number of fused-ring (bicyclic) bond motifs is 1. The summed E-state index contributed by atoms with van der Waals surface area (Å²) in [4.78, 5) is 28.0. The third-order valence-electron chi connectivity index (χ3n) is 4.20. The molecule has 0 saturated heterocycles. The molecule has 132 valence electrons. The molecule has 2 rings (SSSR count). The first kappa shape index (κ1) is 18.3. The number of ether oxygens (including phenoxy) is 1. The summed E-state index contributed by atoms with van der Waals surface area (Å²) in [6, 6.07) is 5.67. The fourth-order valence-corrected chi connectivity index (χ4v) is 2.80. The second-order valence-electron chi connectivity index (χ2n) is 6.03. The standard InChI is InChI=1S/C18H27N3O3/c1-4-20(5-2)10-6-9-19-17(22)12-21-13-18(23)24-16-11-14(3)7-8-15(16)21/h7-8,11H,4-6,9-10,12-13H2,1-3H3,(H,19,22). The molecule has 1 aromatic rings. The van der Waals surface area contributed by atoms with E-state index in [-0.39, 0.29) is 25.0 Å². The molecule has 0 unspecified atom stereocenters. The molecule has 6 nitrogen and oxygen atoms in total. The Hall–Kier alpha value is -2.08. The Kier molecular flexibility index (Phi) is 6.61. The quantitative estimate of drug-likeness (QED) is 0.444. The van der Waals surface area contributed by atoms with Crippen molar-refractivity contribution in [2.45, 2.75) is 27.2 Å². The van der Waals surface area contributed by atoms with Crippen LogP contribution in [0.3, 0.4) is 0 Å². The normalized spacial score (nSPS) is 13.7. The minimum atomic E-state index is -0.331. The summed E-state index contributed by atoms with van der Waals surface area (Å²) in [5, 5.41) is 2.93. The third kappa shape index (κ3) is 4.96. The lowest BCUT2D eigenvalue weighted by Gasteiger charge is -2.29. The third-order valence-corrected chi connectivity index (χ3v) is 4.20. The first-order chi connectivity index (χ1) is 11.5. The van der Waals surface area contributed by atoms with Crippen molar-refractivity contribution in [3.63, 3.8) is 0 Å². The molecule has 1 heterocycles. The number of anilines is 1. The van der Waals surface area contributed by atoms with Gasteiger partial charge in [-0.05, 0) is 50.7 Å². The van der Waals surface area contributed by atoms with Crippen LogP contribution in [0.25, 0.3) is 0 Å². The van der Waals surface area contributed by atoms with Gasteiger partial charge in [0.2, 0.25) is 5.91 Å². The number of amides is 1. The van der Waals surface area contributed by atoms with Gasteiger partial charge in [-0.25, -0.2) is 4.79 Å². The highest BCUT2D eigenvalue weighted by Crippen LogP contribution is 2.32. The van der Waals surface area contributed by atoms with Gasteiger partial charge in [-0.2, -0.15) is 0 Å². The molecule has 1 aromatic carbocycles. The average molecular weight is 333 g/mol. The summed E-state index contributed by atoms with van der Waals surface area (Å²) in [6.45, 7) is 10.1. The summed E-state index contributed by atoms with van der Waals surface area (Å²) in [6.07, 6.45) is 0.922. The van der Waals surface area contributed by atoms with Crippen molar-refractivity contribution in [1.29, 1.82) is 0 Å². The molecular formula is C18H27N3O3. The number of hydrogen-bond acceptors (Lipinski definition) is 5. The Bertz CT molecular complexity index is 585. The van der Waals surface area contributed by atoms with E-state index < -0.39 is 0 Å². The summed E-state index contributed by atoms with van der Waals surface area (Å²) in [5.74, 6) is 0.124. The molecule has 0 atom stereocenters. The van der Waals surface area contributed by atoms with Gasteiger partial charge in [-0.3, -0.25) is 4.79 Å². The van der Waals surface area contributed by atoms with Crippen LogP contribution in [-0.4, -0.2) is 56.0 Å². The summed E-state index contributed by atoms with van der Waals surface area (Å²) >= 11 is 0. The van der Waals surface area contributed by atoms with E-state index in [1.54, 1.807) is 4.90 Å². The fraction of sp³-hybridized carbons (Fsp3) is 0.556. The van der Waals surface area contributed by atoms with Gasteiger partial charge in [-0.1, -0.05) is 19.9 Å². The Morgan fingerprint density at radius 1 is 1.33 bits per heavy atom. The highest BCUT2D eigenvalue weighted by atomic mass is 16.5. The molecule has 0 aromatic heterocycles. The number of carbonyl (C=O) groups excluding carboxylic acids is 2. The number of rotatable bonds is 8. The monoisotopic (exact) mass is 333 g/mol. The van der Waals surface area contributed by atoms with Crippen molar-refractivity contribution < 1.29 is 14.3 Å². The molecule has 1 amide bonds. The lowest BCUT2D eigenvalue weighted by Crippen LogP contribution is -2.43. The number of aryl methyl sites for hydroxylation is 1. The molecule has 24 heavy (non-hydrogen) atoms. The van der Waals surface area contributed by atoms with Gasteiger partial charge in [0.1, 0.15) is 6.54 Å². The Morgan fingerprint density at radius 3 is 2.79 bits per heavy atom. The van der Waals surface area contributed by atoms with E-state index in [1.165, 1.54) is 0 Å².